The van der Waals surface area contributed by atoms with E-state index in [-0.39, 0.29) is 19.1 Å². The molecule has 0 bridgehead atoms. The first-order valence-corrected chi connectivity index (χ1v) is 4.42. The van der Waals surface area contributed by atoms with Crippen molar-refractivity contribution in [2.75, 3.05) is 19.7 Å². The van der Waals surface area contributed by atoms with Crippen LogP contribution < -0.4 is 0 Å². The predicted octanol–water partition coefficient (Wildman–Crippen LogP) is -0.480. The topological polar surface area (TPSA) is 56.1 Å². The molecule has 0 aromatic rings. The molecule has 2 heterocycles. The summed E-state index contributed by atoms with van der Waals surface area (Å²) in [6.45, 7) is 0.482. The molecule has 0 radical (unpaired) electrons. The number of amidine groups is 1. The van der Waals surface area contributed by atoms with Crippen molar-refractivity contribution in [2.45, 2.75) is 0 Å². The maximum absolute atomic E-state index is 11.4. The van der Waals surface area contributed by atoms with Gasteiger partial charge in [0.25, 0.3) is 5.91 Å². The minimum Gasteiger partial charge on any atom is -0.394 e. The Balaban J connectivity index is 2.21. The number of hydrogen-bond donors (Lipinski definition) is 1. The molecule has 0 spiro atoms. The maximum atomic E-state index is 11.4. The monoisotopic (exact) mass is 193 g/mol. The fourth-order valence-electron chi connectivity index (χ4n) is 1.37. The van der Waals surface area contributed by atoms with Crippen LogP contribution in [0.15, 0.2) is 29.5 Å². The molecular formula is C9H11N3O2. The summed E-state index contributed by atoms with van der Waals surface area (Å²) in [5.74, 6) is 0.642. The Bertz CT molecular complexity index is 333. The van der Waals surface area contributed by atoms with Crippen molar-refractivity contribution in [3.8, 4) is 0 Å². The summed E-state index contributed by atoms with van der Waals surface area (Å²) in [6, 6.07) is 0. The summed E-state index contributed by atoms with van der Waals surface area (Å²) < 4.78 is 0. The zero-order valence-corrected chi connectivity index (χ0v) is 7.63. The summed E-state index contributed by atoms with van der Waals surface area (Å²) >= 11 is 0. The Hall–Kier alpha value is -1.62. The van der Waals surface area contributed by atoms with Crippen LogP contribution in [0.25, 0.3) is 0 Å². The van der Waals surface area contributed by atoms with Crippen LogP contribution in [0.3, 0.4) is 0 Å². The van der Waals surface area contributed by atoms with Crippen molar-refractivity contribution in [1.82, 2.24) is 9.91 Å². The Kier molecular flexibility index (Phi) is 2.32. The van der Waals surface area contributed by atoms with Gasteiger partial charge in [-0.2, -0.15) is 5.10 Å². The van der Waals surface area contributed by atoms with E-state index >= 15 is 0 Å². The molecule has 0 saturated heterocycles. The van der Waals surface area contributed by atoms with Gasteiger partial charge in [-0.1, -0.05) is 6.08 Å². The van der Waals surface area contributed by atoms with Crippen LogP contribution in [0.4, 0.5) is 0 Å². The Morgan fingerprint density at radius 3 is 3.14 bits per heavy atom. The number of fused-ring (bicyclic) bond motifs is 1. The van der Waals surface area contributed by atoms with E-state index < -0.39 is 0 Å². The van der Waals surface area contributed by atoms with Crippen LogP contribution in [0.1, 0.15) is 0 Å². The lowest BCUT2D eigenvalue weighted by atomic mass is 10.3. The van der Waals surface area contributed by atoms with Crippen LogP contribution in [-0.2, 0) is 4.79 Å². The fourth-order valence-corrected chi connectivity index (χ4v) is 1.37. The van der Waals surface area contributed by atoms with Gasteiger partial charge in [0.1, 0.15) is 6.54 Å². The number of hydrogen-bond acceptors (Lipinski definition) is 4. The third kappa shape index (κ3) is 1.54. The van der Waals surface area contributed by atoms with Crippen molar-refractivity contribution in [3.05, 3.63) is 24.4 Å². The molecule has 0 unspecified atom stereocenters. The molecule has 14 heavy (non-hydrogen) atoms. The normalized spacial score (nSPS) is 19.8. The first-order chi connectivity index (χ1) is 6.81. The molecule has 0 atom stereocenters. The third-order valence-corrected chi connectivity index (χ3v) is 2.05. The number of rotatable bonds is 2. The lowest BCUT2D eigenvalue weighted by Crippen LogP contribution is -2.45. The number of amides is 1. The summed E-state index contributed by atoms with van der Waals surface area (Å²) in [5.41, 5.74) is 0. The zero-order valence-electron chi connectivity index (χ0n) is 7.63. The number of aliphatic hydroxyl groups excluding tert-OH is 1. The molecule has 0 aromatic carbocycles. The molecule has 1 amide bonds. The smallest absolute Gasteiger partial charge is 0.262 e. The summed E-state index contributed by atoms with van der Waals surface area (Å²) in [5, 5.41) is 14.1. The summed E-state index contributed by atoms with van der Waals surface area (Å²) in [7, 11) is 0. The van der Waals surface area contributed by atoms with Gasteiger partial charge in [0.2, 0.25) is 0 Å². The van der Waals surface area contributed by atoms with E-state index in [0.29, 0.717) is 6.54 Å². The van der Waals surface area contributed by atoms with Crippen molar-refractivity contribution in [3.63, 3.8) is 0 Å². The number of aliphatic hydroxyl groups is 1. The summed E-state index contributed by atoms with van der Waals surface area (Å²) in [4.78, 5) is 13.2. The summed E-state index contributed by atoms with van der Waals surface area (Å²) in [6.07, 6.45) is 7.36. The molecule has 2 rings (SSSR count). The van der Waals surface area contributed by atoms with Crippen molar-refractivity contribution < 1.29 is 9.90 Å². The molecule has 5 nitrogen and oxygen atoms in total. The van der Waals surface area contributed by atoms with E-state index in [1.54, 1.807) is 4.90 Å². The van der Waals surface area contributed by atoms with Crippen molar-refractivity contribution >= 4 is 11.7 Å². The third-order valence-electron chi connectivity index (χ3n) is 2.05. The highest BCUT2D eigenvalue weighted by Crippen LogP contribution is 2.10. The van der Waals surface area contributed by atoms with E-state index in [1.807, 2.05) is 24.4 Å². The van der Waals surface area contributed by atoms with E-state index in [1.165, 1.54) is 5.01 Å². The fraction of sp³-hybridized carbons (Fsp3) is 0.333. The molecule has 5 heteroatoms. The van der Waals surface area contributed by atoms with E-state index in [0.717, 1.165) is 5.84 Å². The number of β-amino-alcohol motifs (C(OH)–C–C–N with tert-alkyl or cyclic N) is 1. The average Bonchev–Trinajstić information content (AvgIpc) is 2.19. The highest BCUT2D eigenvalue weighted by Gasteiger charge is 2.24. The largest absolute Gasteiger partial charge is 0.394 e. The standard InChI is InChI=1S/C9H11N3O2/c13-6-5-12-9(14)7-11-4-2-1-3-8(11)10-12/h1-4,13H,5-7H2. The molecular weight excluding hydrogens is 182 g/mol. The number of hydrazone groups is 1. The Morgan fingerprint density at radius 2 is 2.36 bits per heavy atom. The second-order valence-corrected chi connectivity index (χ2v) is 3.03. The van der Waals surface area contributed by atoms with Gasteiger partial charge >= 0.3 is 0 Å². The van der Waals surface area contributed by atoms with Gasteiger partial charge < -0.3 is 10.0 Å². The number of nitrogens with zero attached hydrogens (tertiary/aromatic N) is 3. The molecule has 1 N–H and O–H groups in total. The van der Waals surface area contributed by atoms with Gasteiger partial charge in [0.15, 0.2) is 5.84 Å². The van der Waals surface area contributed by atoms with Crippen molar-refractivity contribution in [1.29, 1.82) is 0 Å². The molecule has 2 aliphatic heterocycles. The molecule has 74 valence electrons. The molecule has 0 aromatic heterocycles. The van der Waals surface area contributed by atoms with Gasteiger partial charge in [-0.15, -0.1) is 0 Å². The SMILES string of the molecule is O=C1CN2C=CC=CC2=NN1CCO. The van der Waals surface area contributed by atoms with Gasteiger partial charge in [-0.25, -0.2) is 5.01 Å². The van der Waals surface area contributed by atoms with Crippen LogP contribution >= 0.6 is 0 Å². The number of carbonyl (C=O) groups is 1. The zero-order chi connectivity index (χ0) is 9.97. The number of allylic oxidation sites excluding steroid dienone is 2. The lowest BCUT2D eigenvalue weighted by molar-refractivity contribution is -0.132. The van der Waals surface area contributed by atoms with Gasteiger partial charge in [-0.3, -0.25) is 4.79 Å². The van der Waals surface area contributed by atoms with Crippen molar-refractivity contribution in [2.24, 2.45) is 5.10 Å². The quantitative estimate of drug-likeness (QED) is 0.644. The van der Waals surface area contributed by atoms with E-state index in [2.05, 4.69) is 5.10 Å². The van der Waals surface area contributed by atoms with Gasteiger partial charge in [0, 0.05) is 6.20 Å². The molecule has 0 aliphatic carbocycles. The van der Waals surface area contributed by atoms with E-state index in [9.17, 15) is 4.79 Å². The predicted molar refractivity (Wildman–Crippen MR) is 51.2 cm³/mol. The first-order valence-electron chi connectivity index (χ1n) is 4.42. The second-order valence-electron chi connectivity index (χ2n) is 3.03. The first kappa shape index (κ1) is 8.96. The molecule has 0 saturated carbocycles. The van der Waals surface area contributed by atoms with Gasteiger partial charge in [0.05, 0.1) is 13.2 Å². The minimum absolute atomic E-state index is 0.0674. The Labute approximate surface area is 81.6 Å². The Morgan fingerprint density at radius 1 is 1.50 bits per heavy atom. The van der Waals surface area contributed by atoms with Crippen LogP contribution in [0.5, 0.6) is 0 Å². The van der Waals surface area contributed by atoms with Gasteiger partial charge in [-0.05, 0) is 12.2 Å². The second kappa shape index (κ2) is 3.63. The van der Waals surface area contributed by atoms with Crippen LogP contribution in [0, 0.1) is 0 Å². The average molecular weight is 193 g/mol. The van der Waals surface area contributed by atoms with Crippen LogP contribution in [0.2, 0.25) is 0 Å². The number of carbonyl (C=O) groups excluding carboxylic acids is 1. The highest BCUT2D eigenvalue weighted by molar-refractivity contribution is 6.00. The molecule has 0 fully saturated rings. The lowest BCUT2D eigenvalue weighted by Gasteiger charge is -2.30. The maximum Gasteiger partial charge on any atom is 0.262 e. The van der Waals surface area contributed by atoms with Crippen LogP contribution in [-0.4, -0.2) is 46.5 Å². The molecule has 2 aliphatic rings. The highest BCUT2D eigenvalue weighted by atomic mass is 16.3. The minimum atomic E-state index is -0.0947. The van der Waals surface area contributed by atoms with E-state index in [4.69, 9.17) is 5.11 Å².